The third-order valence-corrected chi connectivity index (χ3v) is 11.2. The molecule has 0 amide bonds. The molecule has 0 unspecified atom stereocenters. The van der Waals surface area contributed by atoms with Crippen LogP contribution in [0.2, 0.25) is 0 Å². The first-order chi connectivity index (χ1) is 25.7. The summed E-state index contributed by atoms with van der Waals surface area (Å²) in [5.74, 6) is 0. The van der Waals surface area contributed by atoms with Gasteiger partial charge in [-0.25, -0.2) is 0 Å². The van der Waals surface area contributed by atoms with Crippen LogP contribution in [0.25, 0.3) is 120 Å². The molecule has 0 aliphatic carbocycles. The summed E-state index contributed by atoms with van der Waals surface area (Å²) >= 11 is 0. The molecule has 52 heavy (non-hydrogen) atoms. The van der Waals surface area contributed by atoms with Crippen LogP contribution in [0.5, 0.6) is 0 Å². The minimum atomic E-state index is 0.861. The average Bonchev–Trinajstić information content (AvgIpc) is 3.75. The molecule has 2 heterocycles. The third-order valence-electron chi connectivity index (χ3n) is 11.2. The molecule has 10 aromatic carbocycles. The fraction of sp³-hybridized carbons (Fsp3) is 0. The number of fused-ring (bicyclic) bond motifs is 15. The Morgan fingerprint density at radius 2 is 0.635 bits per heavy atom. The summed E-state index contributed by atoms with van der Waals surface area (Å²) in [6.45, 7) is 0. The molecule has 0 spiro atoms. The van der Waals surface area contributed by atoms with E-state index >= 15 is 0 Å². The molecule has 2 heteroatoms. The van der Waals surface area contributed by atoms with E-state index in [0.29, 0.717) is 0 Å². The average molecular weight is 661 g/mol. The first kappa shape index (κ1) is 27.9. The van der Waals surface area contributed by atoms with Gasteiger partial charge < -0.3 is 8.83 Å². The highest BCUT2D eigenvalue weighted by Crippen LogP contribution is 2.42. The monoisotopic (exact) mass is 660 g/mol. The first-order valence-electron chi connectivity index (χ1n) is 17.8. The van der Waals surface area contributed by atoms with E-state index in [1.807, 2.05) is 0 Å². The summed E-state index contributed by atoms with van der Waals surface area (Å²) in [7, 11) is 0. The number of hydrogen-bond acceptors (Lipinski definition) is 2. The van der Waals surface area contributed by atoms with Crippen molar-refractivity contribution in [1.82, 2.24) is 0 Å². The Balaban J connectivity index is 1.02. The zero-order chi connectivity index (χ0) is 33.9. The van der Waals surface area contributed by atoms with E-state index in [9.17, 15) is 0 Å². The molecule has 0 saturated carbocycles. The minimum Gasteiger partial charge on any atom is -0.456 e. The molecular weight excluding hydrogens is 633 g/mol. The minimum absolute atomic E-state index is 0.861. The van der Waals surface area contributed by atoms with Crippen LogP contribution in [0.3, 0.4) is 0 Å². The SMILES string of the molecule is c1ccc2c(c1)cc(-c1ccc3oc4cc5c(cc4c3c1)oc1ccc(-c3ccc4c6ccccc6c6ccccc6c4c3)cc15)c1ccccc12. The van der Waals surface area contributed by atoms with E-state index < -0.39 is 0 Å². The second-order valence-electron chi connectivity index (χ2n) is 14.0. The molecule has 2 nitrogen and oxygen atoms in total. The summed E-state index contributed by atoms with van der Waals surface area (Å²) in [6.07, 6.45) is 0. The molecular formula is C50H28O2. The van der Waals surface area contributed by atoms with Crippen molar-refractivity contribution < 1.29 is 8.83 Å². The Labute approximate surface area is 297 Å². The third kappa shape index (κ3) is 3.89. The lowest BCUT2D eigenvalue weighted by atomic mass is 9.92. The normalized spacial score (nSPS) is 12.2. The Morgan fingerprint density at radius 3 is 1.25 bits per heavy atom. The molecule has 2 aromatic heterocycles. The summed E-state index contributed by atoms with van der Waals surface area (Å²) in [6, 6.07) is 61.4. The topological polar surface area (TPSA) is 26.3 Å². The van der Waals surface area contributed by atoms with Gasteiger partial charge in [0.05, 0.1) is 0 Å². The predicted molar refractivity (Wildman–Crippen MR) is 219 cm³/mol. The molecule has 12 rings (SSSR count). The quantitative estimate of drug-likeness (QED) is 0.173. The van der Waals surface area contributed by atoms with Gasteiger partial charge in [0.2, 0.25) is 0 Å². The fourth-order valence-electron chi connectivity index (χ4n) is 8.77. The highest BCUT2D eigenvalue weighted by atomic mass is 16.3. The Hall–Kier alpha value is -6.90. The first-order valence-corrected chi connectivity index (χ1v) is 17.8. The van der Waals surface area contributed by atoms with Crippen LogP contribution in [-0.4, -0.2) is 0 Å². The van der Waals surface area contributed by atoms with Crippen LogP contribution in [0.4, 0.5) is 0 Å². The smallest absolute Gasteiger partial charge is 0.136 e. The molecule has 0 fully saturated rings. The maximum Gasteiger partial charge on any atom is 0.136 e. The highest BCUT2D eigenvalue weighted by molar-refractivity contribution is 6.26. The molecule has 240 valence electrons. The van der Waals surface area contributed by atoms with Gasteiger partial charge in [-0.05, 0) is 125 Å². The van der Waals surface area contributed by atoms with Crippen molar-refractivity contribution in [3.05, 3.63) is 170 Å². The van der Waals surface area contributed by atoms with Crippen molar-refractivity contribution in [3.8, 4) is 22.3 Å². The number of benzene rings is 10. The number of rotatable bonds is 2. The molecule has 0 radical (unpaired) electrons. The van der Waals surface area contributed by atoms with Gasteiger partial charge in [-0.1, -0.05) is 121 Å². The van der Waals surface area contributed by atoms with Crippen LogP contribution >= 0.6 is 0 Å². The van der Waals surface area contributed by atoms with Crippen LogP contribution in [0.15, 0.2) is 179 Å². The van der Waals surface area contributed by atoms with Gasteiger partial charge in [-0.2, -0.15) is 0 Å². The van der Waals surface area contributed by atoms with Crippen LogP contribution in [0.1, 0.15) is 0 Å². The zero-order valence-electron chi connectivity index (χ0n) is 28.0. The number of furan rings is 2. The Morgan fingerprint density at radius 1 is 0.231 bits per heavy atom. The van der Waals surface area contributed by atoms with Gasteiger partial charge >= 0.3 is 0 Å². The van der Waals surface area contributed by atoms with Gasteiger partial charge in [0, 0.05) is 21.5 Å². The van der Waals surface area contributed by atoms with Gasteiger partial charge in [-0.3, -0.25) is 0 Å². The van der Waals surface area contributed by atoms with E-state index in [2.05, 4.69) is 170 Å². The summed E-state index contributed by atoms with van der Waals surface area (Å²) in [5.41, 5.74) is 8.20. The largest absolute Gasteiger partial charge is 0.456 e. The number of hydrogen-bond donors (Lipinski definition) is 0. The van der Waals surface area contributed by atoms with Crippen molar-refractivity contribution in [2.45, 2.75) is 0 Å². The van der Waals surface area contributed by atoms with E-state index in [1.54, 1.807) is 0 Å². The van der Waals surface area contributed by atoms with Crippen LogP contribution < -0.4 is 0 Å². The predicted octanol–water partition coefficient (Wildman–Crippen LogP) is 14.6. The fourth-order valence-corrected chi connectivity index (χ4v) is 8.77. The lowest BCUT2D eigenvalue weighted by molar-refractivity contribution is 0.664. The van der Waals surface area contributed by atoms with Gasteiger partial charge in [0.1, 0.15) is 22.3 Å². The van der Waals surface area contributed by atoms with Crippen molar-refractivity contribution >= 4 is 97.7 Å². The molecule has 12 aromatic rings. The van der Waals surface area contributed by atoms with E-state index in [4.69, 9.17) is 8.83 Å². The molecule has 0 N–H and O–H groups in total. The maximum absolute atomic E-state index is 6.52. The summed E-state index contributed by atoms with van der Waals surface area (Å²) in [5, 5.41) is 17.0. The second-order valence-corrected chi connectivity index (χ2v) is 14.0. The molecule has 0 saturated heterocycles. The highest BCUT2D eigenvalue weighted by Gasteiger charge is 2.17. The van der Waals surface area contributed by atoms with Crippen LogP contribution in [-0.2, 0) is 0 Å². The summed E-state index contributed by atoms with van der Waals surface area (Å²) in [4.78, 5) is 0. The standard InChI is InChI=1S/C50H28O2/c1-2-10-33-31(9-1)25-41(38-15-7-3-11-34(33)38)32-19-22-48-44(26-32)46-28-49-45(27-50(46)52-48)43-24-30(18-21-47(43)51-49)29-17-20-40-37-14-5-4-12-35(37)36-13-6-8-16-39(36)42(40)23-29/h1-28H. The second kappa shape index (κ2) is 10.3. The molecule has 0 atom stereocenters. The Kier molecular flexibility index (Phi) is 5.53. The molecule has 0 bridgehead atoms. The van der Waals surface area contributed by atoms with Crippen molar-refractivity contribution in [2.24, 2.45) is 0 Å². The van der Waals surface area contributed by atoms with E-state index in [0.717, 1.165) is 49.4 Å². The van der Waals surface area contributed by atoms with E-state index in [1.165, 1.54) is 70.6 Å². The lowest BCUT2D eigenvalue weighted by Gasteiger charge is -2.12. The molecule has 0 aliphatic rings. The van der Waals surface area contributed by atoms with Crippen LogP contribution in [0, 0.1) is 0 Å². The van der Waals surface area contributed by atoms with Gasteiger partial charge in [0.15, 0.2) is 0 Å². The van der Waals surface area contributed by atoms with Gasteiger partial charge in [0.25, 0.3) is 0 Å². The summed E-state index contributed by atoms with van der Waals surface area (Å²) < 4.78 is 13.0. The Bertz CT molecular complexity index is 3430. The lowest BCUT2D eigenvalue weighted by Crippen LogP contribution is -1.85. The van der Waals surface area contributed by atoms with Crippen molar-refractivity contribution in [1.29, 1.82) is 0 Å². The molecule has 0 aliphatic heterocycles. The zero-order valence-corrected chi connectivity index (χ0v) is 28.0. The van der Waals surface area contributed by atoms with Gasteiger partial charge in [-0.15, -0.1) is 0 Å². The van der Waals surface area contributed by atoms with Crippen molar-refractivity contribution in [2.75, 3.05) is 0 Å². The van der Waals surface area contributed by atoms with Crippen molar-refractivity contribution in [3.63, 3.8) is 0 Å². The van der Waals surface area contributed by atoms with E-state index in [-0.39, 0.29) is 0 Å². The maximum atomic E-state index is 6.52.